The van der Waals surface area contributed by atoms with Gasteiger partial charge in [0.15, 0.2) is 6.61 Å². The van der Waals surface area contributed by atoms with Crippen molar-refractivity contribution in [3.63, 3.8) is 0 Å². The summed E-state index contributed by atoms with van der Waals surface area (Å²) in [7, 11) is 1.57. The molecule has 0 aliphatic heterocycles. The molecule has 0 bridgehead atoms. The Morgan fingerprint density at radius 2 is 1.50 bits per heavy atom. The monoisotopic (exact) mass is 560 g/mol. The molecule has 1 atom stereocenters. The number of hydrogen-bond acceptors (Lipinski definition) is 4. The van der Waals surface area contributed by atoms with E-state index in [0.717, 1.165) is 11.1 Å². The van der Waals surface area contributed by atoms with Crippen molar-refractivity contribution in [1.82, 2.24) is 10.2 Å². The number of carbonyl (C=O) groups is 2. The molecule has 4 aromatic rings. The normalized spacial score (nSPS) is 11.4. The lowest BCUT2D eigenvalue weighted by Crippen LogP contribution is -2.51. The third-order valence-electron chi connectivity index (χ3n) is 6.37. The van der Waals surface area contributed by atoms with Crippen molar-refractivity contribution in [2.24, 2.45) is 0 Å². The number of halogens is 2. The van der Waals surface area contributed by atoms with Gasteiger partial charge >= 0.3 is 0 Å². The second-order valence-corrected chi connectivity index (χ2v) is 9.51. The van der Waals surface area contributed by atoms with Crippen molar-refractivity contribution in [3.05, 3.63) is 131 Å². The minimum Gasteiger partial charge on any atom is -0.496 e. The SMILES string of the molecule is COc1ccccc1CNC(=O)C(Cc1ccccc1)N(Cc1ccc(F)cc1)C(=O)COc1ccccc1Cl. The van der Waals surface area contributed by atoms with Gasteiger partial charge in [0, 0.05) is 25.1 Å². The fourth-order valence-corrected chi connectivity index (χ4v) is 4.46. The van der Waals surface area contributed by atoms with Crippen LogP contribution in [-0.4, -0.2) is 36.5 Å². The summed E-state index contributed by atoms with van der Waals surface area (Å²) in [5.74, 6) is -0.145. The fourth-order valence-electron chi connectivity index (χ4n) is 4.27. The number of hydrogen-bond donors (Lipinski definition) is 1. The Hall–Kier alpha value is -4.36. The predicted octanol–water partition coefficient (Wildman–Crippen LogP) is 5.82. The van der Waals surface area contributed by atoms with Gasteiger partial charge in [0.2, 0.25) is 5.91 Å². The van der Waals surface area contributed by atoms with Crippen LogP contribution < -0.4 is 14.8 Å². The lowest BCUT2D eigenvalue weighted by molar-refractivity contribution is -0.142. The van der Waals surface area contributed by atoms with Crippen LogP contribution in [0, 0.1) is 5.82 Å². The van der Waals surface area contributed by atoms with E-state index in [9.17, 15) is 14.0 Å². The summed E-state index contributed by atoms with van der Waals surface area (Å²) in [6, 6.07) is 28.7. The van der Waals surface area contributed by atoms with Gasteiger partial charge in [-0.25, -0.2) is 4.39 Å². The van der Waals surface area contributed by atoms with Crippen molar-refractivity contribution < 1.29 is 23.5 Å². The molecule has 206 valence electrons. The smallest absolute Gasteiger partial charge is 0.261 e. The molecule has 0 radical (unpaired) electrons. The van der Waals surface area contributed by atoms with E-state index < -0.39 is 11.9 Å². The summed E-state index contributed by atoms with van der Waals surface area (Å²) in [6.45, 7) is -0.0522. The van der Waals surface area contributed by atoms with E-state index in [2.05, 4.69) is 5.32 Å². The molecule has 1 unspecified atom stereocenters. The Kier molecular flexibility index (Phi) is 10.1. The molecule has 0 spiro atoms. The maximum Gasteiger partial charge on any atom is 0.261 e. The Morgan fingerprint density at radius 3 is 2.20 bits per heavy atom. The van der Waals surface area contributed by atoms with Crippen molar-refractivity contribution >= 4 is 23.4 Å². The third kappa shape index (κ3) is 7.83. The summed E-state index contributed by atoms with van der Waals surface area (Å²) in [5.41, 5.74) is 2.35. The molecule has 4 rings (SSSR count). The van der Waals surface area contributed by atoms with E-state index in [1.807, 2.05) is 54.6 Å². The van der Waals surface area contributed by atoms with Crippen LogP contribution in [-0.2, 0) is 29.1 Å². The zero-order valence-corrected chi connectivity index (χ0v) is 22.8. The molecule has 0 aliphatic carbocycles. The first-order chi connectivity index (χ1) is 19.4. The molecular weight excluding hydrogens is 531 g/mol. The predicted molar refractivity (Wildman–Crippen MR) is 153 cm³/mol. The topological polar surface area (TPSA) is 67.9 Å². The van der Waals surface area contributed by atoms with Crippen LogP contribution in [0.5, 0.6) is 11.5 Å². The van der Waals surface area contributed by atoms with Crippen molar-refractivity contribution in [3.8, 4) is 11.5 Å². The Balaban J connectivity index is 1.63. The van der Waals surface area contributed by atoms with Crippen LogP contribution >= 0.6 is 11.6 Å². The quantitative estimate of drug-likeness (QED) is 0.237. The van der Waals surface area contributed by atoms with E-state index in [4.69, 9.17) is 21.1 Å². The highest BCUT2D eigenvalue weighted by Crippen LogP contribution is 2.24. The molecule has 6 nitrogen and oxygen atoms in total. The van der Waals surface area contributed by atoms with Crippen LogP contribution in [0.3, 0.4) is 0 Å². The number of amides is 2. The van der Waals surface area contributed by atoms with Crippen LogP contribution in [0.4, 0.5) is 4.39 Å². The lowest BCUT2D eigenvalue weighted by atomic mass is 10.0. The van der Waals surface area contributed by atoms with Crippen molar-refractivity contribution in [2.75, 3.05) is 13.7 Å². The maximum atomic E-state index is 13.8. The van der Waals surface area contributed by atoms with Crippen LogP contribution in [0.25, 0.3) is 0 Å². The first-order valence-electron chi connectivity index (χ1n) is 12.8. The minimum atomic E-state index is -0.885. The number of nitrogens with zero attached hydrogens (tertiary/aromatic N) is 1. The summed E-state index contributed by atoms with van der Waals surface area (Å²) in [4.78, 5) is 28.9. The number of carbonyl (C=O) groups excluding carboxylic acids is 2. The van der Waals surface area contributed by atoms with E-state index >= 15 is 0 Å². The zero-order chi connectivity index (χ0) is 28.3. The van der Waals surface area contributed by atoms with Crippen LogP contribution in [0.2, 0.25) is 5.02 Å². The van der Waals surface area contributed by atoms with Gasteiger partial charge in [0.05, 0.1) is 12.1 Å². The second-order valence-electron chi connectivity index (χ2n) is 9.10. The van der Waals surface area contributed by atoms with Crippen LogP contribution in [0.15, 0.2) is 103 Å². The first-order valence-corrected chi connectivity index (χ1v) is 13.2. The van der Waals surface area contributed by atoms with E-state index in [-0.39, 0.29) is 37.8 Å². The summed E-state index contributed by atoms with van der Waals surface area (Å²) in [6.07, 6.45) is 0.262. The fraction of sp³-hybridized carbons (Fsp3) is 0.188. The van der Waals surface area contributed by atoms with Gasteiger partial charge in [-0.2, -0.15) is 0 Å². The molecule has 8 heteroatoms. The number of rotatable bonds is 12. The molecule has 4 aromatic carbocycles. The Labute approximate surface area is 238 Å². The Morgan fingerprint density at radius 1 is 0.850 bits per heavy atom. The summed E-state index contributed by atoms with van der Waals surface area (Å²) >= 11 is 6.22. The molecule has 2 amide bonds. The number of methoxy groups -OCH3 is 1. The lowest BCUT2D eigenvalue weighted by Gasteiger charge is -2.31. The molecule has 0 aromatic heterocycles. The number of nitrogens with one attached hydrogen (secondary N) is 1. The molecule has 0 saturated heterocycles. The first kappa shape index (κ1) is 28.6. The third-order valence-corrected chi connectivity index (χ3v) is 6.68. The number of benzene rings is 4. The van der Waals surface area contributed by atoms with Gasteiger partial charge in [0.1, 0.15) is 23.4 Å². The number of para-hydroxylation sites is 2. The summed E-state index contributed by atoms with van der Waals surface area (Å²) < 4.78 is 24.8. The van der Waals surface area contributed by atoms with E-state index in [1.165, 1.54) is 17.0 Å². The molecular formula is C32H30ClFN2O4. The largest absolute Gasteiger partial charge is 0.496 e. The van der Waals surface area contributed by atoms with Gasteiger partial charge in [-0.1, -0.05) is 84.4 Å². The average Bonchev–Trinajstić information content (AvgIpc) is 2.98. The minimum absolute atomic E-state index is 0.0740. The van der Waals surface area contributed by atoms with E-state index in [1.54, 1.807) is 43.5 Å². The highest BCUT2D eigenvalue weighted by atomic mass is 35.5. The van der Waals surface area contributed by atoms with Crippen molar-refractivity contribution in [2.45, 2.75) is 25.6 Å². The van der Waals surface area contributed by atoms with Gasteiger partial charge in [-0.15, -0.1) is 0 Å². The van der Waals surface area contributed by atoms with Gasteiger partial charge in [0.25, 0.3) is 5.91 Å². The van der Waals surface area contributed by atoms with Gasteiger partial charge < -0.3 is 19.7 Å². The molecule has 1 N–H and O–H groups in total. The van der Waals surface area contributed by atoms with Crippen LogP contribution in [0.1, 0.15) is 16.7 Å². The van der Waals surface area contributed by atoms with Crippen molar-refractivity contribution in [1.29, 1.82) is 0 Å². The molecule has 0 heterocycles. The molecule has 40 heavy (non-hydrogen) atoms. The van der Waals surface area contributed by atoms with Gasteiger partial charge in [-0.05, 0) is 41.5 Å². The van der Waals surface area contributed by atoms with E-state index in [0.29, 0.717) is 22.1 Å². The zero-order valence-electron chi connectivity index (χ0n) is 22.1. The molecule has 0 aliphatic rings. The average molecular weight is 561 g/mol. The Bertz CT molecular complexity index is 1420. The number of ether oxygens (including phenoxy) is 2. The summed E-state index contributed by atoms with van der Waals surface area (Å²) in [5, 5.41) is 3.34. The maximum absolute atomic E-state index is 13.8. The second kappa shape index (κ2) is 14.1. The highest BCUT2D eigenvalue weighted by Gasteiger charge is 2.31. The highest BCUT2D eigenvalue weighted by molar-refractivity contribution is 6.32. The van der Waals surface area contributed by atoms with Gasteiger partial charge in [-0.3, -0.25) is 9.59 Å². The standard InChI is InChI=1S/C32H30ClFN2O4/c1-39-29-13-7-5-11-25(29)20-35-32(38)28(19-23-9-3-2-4-10-23)36(21-24-15-17-26(34)18-16-24)31(37)22-40-30-14-8-6-12-27(30)33/h2-18,28H,19-22H2,1H3,(H,35,38). The molecule has 0 saturated carbocycles. The molecule has 0 fully saturated rings.